The summed E-state index contributed by atoms with van der Waals surface area (Å²) in [6.07, 6.45) is 0.284. The molecule has 1 atom stereocenters. The van der Waals surface area contributed by atoms with Crippen molar-refractivity contribution in [2.45, 2.75) is 20.3 Å². The second kappa shape index (κ2) is 5.52. The molecule has 1 aromatic carbocycles. The first-order valence-electron chi connectivity index (χ1n) is 5.12. The van der Waals surface area contributed by atoms with Gasteiger partial charge >= 0.3 is 5.97 Å². The van der Waals surface area contributed by atoms with Gasteiger partial charge in [0.15, 0.2) is 0 Å². The van der Waals surface area contributed by atoms with Crippen LogP contribution < -0.4 is 4.74 Å². The second-order valence-electron chi connectivity index (χ2n) is 3.60. The molecule has 0 saturated carbocycles. The van der Waals surface area contributed by atoms with E-state index in [9.17, 15) is 18.4 Å². The minimum Gasteiger partial charge on any atom is -0.426 e. The Morgan fingerprint density at radius 3 is 2.18 bits per heavy atom. The predicted molar refractivity (Wildman–Crippen MR) is 56.5 cm³/mol. The Balaban J connectivity index is 2.83. The summed E-state index contributed by atoms with van der Waals surface area (Å²) >= 11 is 0. The van der Waals surface area contributed by atoms with Crippen molar-refractivity contribution in [2.24, 2.45) is 5.92 Å². The van der Waals surface area contributed by atoms with Gasteiger partial charge in [-0.3, -0.25) is 9.59 Å². The molecule has 0 bridgehead atoms. The molecule has 1 aromatic rings. The Hall–Kier alpha value is -1.78. The van der Waals surface area contributed by atoms with Crippen molar-refractivity contribution in [1.29, 1.82) is 0 Å². The van der Waals surface area contributed by atoms with E-state index in [1.54, 1.807) is 6.92 Å². The molecule has 0 aliphatic carbocycles. The maximum atomic E-state index is 12.8. The van der Waals surface area contributed by atoms with Gasteiger partial charge in [0.2, 0.25) is 0 Å². The lowest BCUT2D eigenvalue weighted by atomic mass is 10.0. The van der Waals surface area contributed by atoms with Crippen LogP contribution in [-0.4, -0.2) is 11.8 Å². The number of carbonyl (C=O) groups is 2. The van der Waals surface area contributed by atoms with Gasteiger partial charge in [-0.15, -0.1) is 0 Å². The molecule has 0 heterocycles. The fraction of sp³-hybridized carbons (Fsp3) is 0.333. The Bertz CT molecular complexity index is 423. The van der Waals surface area contributed by atoms with Crippen LogP contribution >= 0.6 is 0 Å². The topological polar surface area (TPSA) is 43.4 Å². The largest absolute Gasteiger partial charge is 0.426 e. The molecule has 1 unspecified atom stereocenters. The van der Waals surface area contributed by atoms with E-state index in [0.717, 1.165) is 12.1 Å². The van der Waals surface area contributed by atoms with Gasteiger partial charge in [-0.2, -0.15) is 0 Å². The van der Waals surface area contributed by atoms with Crippen molar-refractivity contribution in [1.82, 2.24) is 0 Å². The standard InChI is InChI=1S/C12H12F2O3/c1-3-11(7(2)15)12(16)17-10-5-8(13)4-9(14)6-10/h4-6,11H,3H2,1-2H3. The molecule has 17 heavy (non-hydrogen) atoms. The van der Waals surface area contributed by atoms with Gasteiger partial charge < -0.3 is 4.74 Å². The lowest BCUT2D eigenvalue weighted by Gasteiger charge is -2.10. The number of esters is 1. The van der Waals surface area contributed by atoms with Crippen LogP contribution in [0.15, 0.2) is 18.2 Å². The number of carbonyl (C=O) groups excluding carboxylic acids is 2. The first-order valence-corrected chi connectivity index (χ1v) is 5.12. The normalized spacial score (nSPS) is 12.0. The molecule has 0 radical (unpaired) electrons. The summed E-state index contributed by atoms with van der Waals surface area (Å²) in [7, 11) is 0. The van der Waals surface area contributed by atoms with Crippen LogP contribution in [0, 0.1) is 17.6 Å². The first-order chi connectivity index (χ1) is 7.93. The van der Waals surface area contributed by atoms with E-state index in [4.69, 9.17) is 4.74 Å². The van der Waals surface area contributed by atoms with Crippen LogP contribution in [0.1, 0.15) is 20.3 Å². The predicted octanol–water partition coefficient (Wildman–Crippen LogP) is 2.49. The summed E-state index contributed by atoms with van der Waals surface area (Å²) in [6.45, 7) is 2.92. The molecular weight excluding hydrogens is 230 g/mol. The number of Topliss-reactive ketones (excluding diaryl/α,β-unsaturated/α-hetero) is 1. The highest BCUT2D eigenvalue weighted by atomic mass is 19.1. The molecule has 3 nitrogen and oxygen atoms in total. The molecule has 0 aliphatic rings. The maximum absolute atomic E-state index is 12.8. The highest BCUT2D eigenvalue weighted by Gasteiger charge is 2.23. The average Bonchev–Trinajstić information content (AvgIpc) is 2.15. The molecule has 0 amide bonds. The van der Waals surface area contributed by atoms with Crippen molar-refractivity contribution in [3.63, 3.8) is 0 Å². The molecule has 92 valence electrons. The van der Waals surface area contributed by atoms with E-state index in [0.29, 0.717) is 6.07 Å². The molecule has 0 N–H and O–H groups in total. The monoisotopic (exact) mass is 242 g/mol. The van der Waals surface area contributed by atoms with Gasteiger partial charge in [0.05, 0.1) is 0 Å². The Morgan fingerprint density at radius 2 is 1.76 bits per heavy atom. The van der Waals surface area contributed by atoms with Crippen LogP contribution in [0.3, 0.4) is 0 Å². The van der Waals surface area contributed by atoms with E-state index in [2.05, 4.69) is 0 Å². The molecule has 5 heteroatoms. The third-order valence-corrected chi connectivity index (χ3v) is 2.24. The molecule has 0 aliphatic heterocycles. The maximum Gasteiger partial charge on any atom is 0.321 e. The number of ketones is 1. The van der Waals surface area contributed by atoms with E-state index < -0.39 is 23.5 Å². The van der Waals surface area contributed by atoms with Gasteiger partial charge in [-0.05, 0) is 13.3 Å². The van der Waals surface area contributed by atoms with Crippen LogP contribution in [0.5, 0.6) is 5.75 Å². The highest BCUT2D eigenvalue weighted by Crippen LogP contribution is 2.17. The van der Waals surface area contributed by atoms with E-state index in [1.165, 1.54) is 6.92 Å². The molecule has 0 spiro atoms. The second-order valence-corrected chi connectivity index (χ2v) is 3.60. The third kappa shape index (κ3) is 3.62. The Kier molecular flexibility index (Phi) is 4.31. The zero-order chi connectivity index (χ0) is 13.0. The van der Waals surface area contributed by atoms with Crippen LogP contribution in [0.2, 0.25) is 0 Å². The van der Waals surface area contributed by atoms with Crippen LogP contribution in [0.25, 0.3) is 0 Å². The molecular formula is C12H12F2O3. The Morgan fingerprint density at radius 1 is 1.24 bits per heavy atom. The van der Waals surface area contributed by atoms with Gasteiger partial charge in [0, 0.05) is 18.2 Å². The van der Waals surface area contributed by atoms with Crippen molar-refractivity contribution in [3.05, 3.63) is 29.8 Å². The Labute approximate surface area is 97.4 Å². The van der Waals surface area contributed by atoms with E-state index >= 15 is 0 Å². The highest BCUT2D eigenvalue weighted by molar-refractivity contribution is 5.98. The summed E-state index contributed by atoms with van der Waals surface area (Å²) in [5.74, 6) is -3.97. The number of halogens is 2. The van der Waals surface area contributed by atoms with Crippen molar-refractivity contribution >= 4 is 11.8 Å². The third-order valence-electron chi connectivity index (χ3n) is 2.24. The summed E-state index contributed by atoms with van der Waals surface area (Å²) in [5, 5.41) is 0. The summed E-state index contributed by atoms with van der Waals surface area (Å²) in [4.78, 5) is 22.6. The molecule has 0 aromatic heterocycles. The van der Waals surface area contributed by atoms with Gasteiger partial charge in [-0.25, -0.2) is 8.78 Å². The molecule has 1 rings (SSSR count). The minimum absolute atomic E-state index is 0.243. The number of ether oxygens (including phenoxy) is 1. The van der Waals surface area contributed by atoms with E-state index in [1.807, 2.05) is 0 Å². The minimum atomic E-state index is -0.902. The lowest BCUT2D eigenvalue weighted by molar-refractivity contribution is -0.143. The van der Waals surface area contributed by atoms with Crippen LogP contribution in [-0.2, 0) is 9.59 Å². The van der Waals surface area contributed by atoms with Crippen LogP contribution in [0.4, 0.5) is 8.78 Å². The van der Waals surface area contributed by atoms with E-state index in [-0.39, 0.29) is 18.0 Å². The number of rotatable bonds is 4. The lowest BCUT2D eigenvalue weighted by Crippen LogP contribution is -2.25. The quantitative estimate of drug-likeness (QED) is 0.463. The summed E-state index contributed by atoms with van der Waals surface area (Å²) < 4.78 is 30.4. The van der Waals surface area contributed by atoms with Crippen molar-refractivity contribution in [3.8, 4) is 5.75 Å². The number of hydrogen-bond acceptors (Lipinski definition) is 3. The van der Waals surface area contributed by atoms with Crippen molar-refractivity contribution < 1.29 is 23.1 Å². The molecule has 0 fully saturated rings. The zero-order valence-electron chi connectivity index (χ0n) is 9.50. The fourth-order valence-corrected chi connectivity index (χ4v) is 1.39. The SMILES string of the molecule is CCC(C(C)=O)C(=O)Oc1cc(F)cc(F)c1. The summed E-state index contributed by atoms with van der Waals surface area (Å²) in [6, 6.07) is 2.43. The zero-order valence-corrected chi connectivity index (χ0v) is 9.50. The van der Waals surface area contributed by atoms with Crippen molar-refractivity contribution in [2.75, 3.05) is 0 Å². The number of benzene rings is 1. The first kappa shape index (κ1) is 13.3. The molecule has 0 saturated heterocycles. The van der Waals surface area contributed by atoms with Gasteiger partial charge in [0.1, 0.15) is 29.1 Å². The van der Waals surface area contributed by atoms with Gasteiger partial charge in [-0.1, -0.05) is 6.92 Å². The fourth-order valence-electron chi connectivity index (χ4n) is 1.39. The summed E-state index contributed by atoms with van der Waals surface area (Å²) in [5.41, 5.74) is 0. The number of hydrogen-bond donors (Lipinski definition) is 0. The smallest absolute Gasteiger partial charge is 0.321 e. The van der Waals surface area contributed by atoms with Gasteiger partial charge in [0.25, 0.3) is 0 Å². The average molecular weight is 242 g/mol.